The number of likely N-dealkylation sites (N-methyl/N-ethyl adjacent to an activating group) is 1. The van der Waals surface area contributed by atoms with Gasteiger partial charge < -0.3 is 5.73 Å². The number of benzene rings is 1. The van der Waals surface area contributed by atoms with E-state index in [2.05, 4.69) is 41.1 Å². The highest BCUT2D eigenvalue weighted by molar-refractivity contribution is 5.81. The maximum Gasteiger partial charge on any atom is 0.0705 e. The molecule has 0 fully saturated rings. The van der Waals surface area contributed by atoms with Crippen LogP contribution in [0.1, 0.15) is 12.5 Å². The van der Waals surface area contributed by atoms with Gasteiger partial charge >= 0.3 is 0 Å². The van der Waals surface area contributed by atoms with Crippen molar-refractivity contribution in [3.05, 3.63) is 42.1 Å². The molecule has 1 aromatic carbocycles. The predicted octanol–water partition coefficient (Wildman–Crippen LogP) is 2.02. The monoisotopic (exact) mass is 229 g/mol. The molecule has 1 heterocycles. The van der Waals surface area contributed by atoms with Crippen LogP contribution in [0, 0.1) is 0 Å². The van der Waals surface area contributed by atoms with Crippen LogP contribution in [0.15, 0.2) is 36.5 Å². The van der Waals surface area contributed by atoms with Crippen LogP contribution in [-0.2, 0) is 6.54 Å². The van der Waals surface area contributed by atoms with Gasteiger partial charge in [-0.15, -0.1) is 0 Å². The van der Waals surface area contributed by atoms with Crippen LogP contribution < -0.4 is 5.73 Å². The summed E-state index contributed by atoms with van der Waals surface area (Å²) in [4.78, 5) is 6.73. The summed E-state index contributed by atoms with van der Waals surface area (Å²) >= 11 is 0. The van der Waals surface area contributed by atoms with Gasteiger partial charge in [-0.1, -0.05) is 25.1 Å². The molecule has 0 amide bonds. The molecule has 2 rings (SSSR count). The number of fused-ring (bicyclic) bond motifs is 1. The van der Waals surface area contributed by atoms with Crippen molar-refractivity contribution in [1.29, 1.82) is 0 Å². The highest BCUT2D eigenvalue weighted by atomic mass is 15.1. The Morgan fingerprint density at radius 3 is 2.88 bits per heavy atom. The van der Waals surface area contributed by atoms with E-state index in [1.807, 2.05) is 12.3 Å². The third kappa shape index (κ3) is 2.81. The van der Waals surface area contributed by atoms with E-state index in [-0.39, 0.29) is 0 Å². The summed E-state index contributed by atoms with van der Waals surface area (Å²) in [6, 6.07) is 10.4. The molecule has 90 valence electrons. The van der Waals surface area contributed by atoms with E-state index in [1.165, 1.54) is 10.9 Å². The number of pyridine rings is 1. The Balaban J connectivity index is 2.28. The first-order chi connectivity index (χ1) is 8.35. The van der Waals surface area contributed by atoms with Crippen LogP contribution in [0.4, 0.5) is 0 Å². The molecular weight excluding hydrogens is 210 g/mol. The maximum atomic E-state index is 5.62. The fraction of sp³-hybridized carbons (Fsp3) is 0.357. The Labute approximate surface area is 102 Å². The molecule has 0 atom stereocenters. The smallest absolute Gasteiger partial charge is 0.0705 e. The molecule has 0 aliphatic carbocycles. The molecule has 0 spiro atoms. The van der Waals surface area contributed by atoms with Crippen LogP contribution in [-0.4, -0.2) is 29.5 Å². The van der Waals surface area contributed by atoms with Crippen molar-refractivity contribution in [2.24, 2.45) is 5.73 Å². The van der Waals surface area contributed by atoms with E-state index in [9.17, 15) is 0 Å². The molecule has 2 N–H and O–H groups in total. The van der Waals surface area contributed by atoms with Crippen LogP contribution >= 0.6 is 0 Å². The molecule has 2 aromatic rings. The van der Waals surface area contributed by atoms with E-state index in [0.717, 1.165) is 25.2 Å². The Kier molecular flexibility index (Phi) is 4.07. The summed E-state index contributed by atoms with van der Waals surface area (Å²) in [5.74, 6) is 0. The Morgan fingerprint density at radius 1 is 1.24 bits per heavy atom. The minimum Gasteiger partial charge on any atom is -0.329 e. The van der Waals surface area contributed by atoms with Gasteiger partial charge in [0, 0.05) is 31.2 Å². The van der Waals surface area contributed by atoms with Gasteiger partial charge in [-0.3, -0.25) is 9.88 Å². The van der Waals surface area contributed by atoms with E-state index >= 15 is 0 Å². The van der Waals surface area contributed by atoms with Crippen molar-refractivity contribution in [3.8, 4) is 0 Å². The zero-order valence-electron chi connectivity index (χ0n) is 10.3. The first kappa shape index (κ1) is 12.0. The Morgan fingerprint density at radius 2 is 2.12 bits per heavy atom. The van der Waals surface area contributed by atoms with Gasteiger partial charge in [0.15, 0.2) is 0 Å². The lowest BCUT2D eigenvalue weighted by molar-refractivity contribution is 0.289. The number of nitrogens with zero attached hydrogens (tertiary/aromatic N) is 2. The lowest BCUT2D eigenvalue weighted by Crippen LogP contribution is -2.28. The standard InChI is InChI=1S/C14H19N3/c1-2-17(10-8-15)11-12-5-3-7-14-13(12)6-4-9-16-14/h3-7,9H,2,8,10-11,15H2,1H3. The van der Waals surface area contributed by atoms with Crippen molar-refractivity contribution in [1.82, 2.24) is 9.88 Å². The molecule has 0 bridgehead atoms. The normalized spacial score (nSPS) is 11.2. The van der Waals surface area contributed by atoms with Gasteiger partial charge in [0.1, 0.15) is 0 Å². The highest BCUT2D eigenvalue weighted by Gasteiger charge is 2.06. The molecule has 0 aliphatic rings. The van der Waals surface area contributed by atoms with Crippen LogP contribution in [0.5, 0.6) is 0 Å². The van der Waals surface area contributed by atoms with Gasteiger partial charge in [0.05, 0.1) is 5.52 Å². The second-order valence-corrected chi connectivity index (χ2v) is 4.14. The molecule has 0 saturated carbocycles. The maximum absolute atomic E-state index is 5.62. The van der Waals surface area contributed by atoms with Crippen molar-refractivity contribution < 1.29 is 0 Å². The summed E-state index contributed by atoms with van der Waals surface area (Å²) in [5, 5.41) is 1.24. The Bertz CT molecular complexity index is 476. The van der Waals surface area contributed by atoms with E-state index < -0.39 is 0 Å². The number of hydrogen-bond acceptors (Lipinski definition) is 3. The van der Waals surface area contributed by atoms with Crippen molar-refractivity contribution in [2.75, 3.05) is 19.6 Å². The summed E-state index contributed by atoms with van der Waals surface area (Å²) in [7, 11) is 0. The number of nitrogens with two attached hydrogens (primary N) is 1. The number of rotatable bonds is 5. The summed E-state index contributed by atoms with van der Waals surface area (Å²) in [6.07, 6.45) is 1.84. The fourth-order valence-corrected chi connectivity index (χ4v) is 2.08. The first-order valence-electron chi connectivity index (χ1n) is 6.10. The van der Waals surface area contributed by atoms with Gasteiger partial charge in [0.2, 0.25) is 0 Å². The third-order valence-electron chi connectivity index (χ3n) is 3.02. The largest absolute Gasteiger partial charge is 0.329 e. The Hall–Kier alpha value is -1.45. The average Bonchev–Trinajstić information content (AvgIpc) is 2.38. The minimum atomic E-state index is 0.705. The molecule has 3 nitrogen and oxygen atoms in total. The molecule has 0 unspecified atom stereocenters. The molecule has 0 aliphatic heterocycles. The third-order valence-corrected chi connectivity index (χ3v) is 3.02. The van der Waals surface area contributed by atoms with Gasteiger partial charge in [-0.25, -0.2) is 0 Å². The summed E-state index contributed by atoms with van der Waals surface area (Å²) in [6.45, 7) is 5.77. The zero-order chi connectivity index (χ0) is 12.1. The summed E-state index contributed by atoms with van der Waals surface area (Å²) in [5.41, 5.74) is 8.01. The number of hydrogen-bond donors (Lipinski definition) is 1. The minimum absolute atomic E-state index is 0.705. The van der Waals surface area contributed by atoms with Crippen LogP contribution in [0.3, 0.4) is 0 Å². The van der Waals surface area contributed by atoms with Crippen molar-refractivity contribution >= 4 is 10.9 Å². The van der Waals surface area contributed by atoms with E-state index in [4.69, 9.17) is 5.73 Å². The molecule has 0 radical (unpaired) electrons. The lowest BCUT2D eigenvalue weighted by atomic mass is 10.1. The molecule has 3 heteroatoms. The van der Waals surface area contributed by atoms with Crippen LogP contribution in [0.2, 0.25) is 0 Å². The van der Waals surface area contributed by atoms with Gasteiger partial charge in [0.25, 0.3) is 0 Å². The predicted molar refractivity (Wildman–Crippen MR) is 71.7 cm³/mol. The second-order valence-electron chi connectivity index (χ2n) is 4.14. The average molecular weight is 229 g/mol. The van der Waals surface area contributed by atoms with E-state index in [0.29, 0.717) is 6.54 Å². The molecule has 17 heavy (non-hydrogen) atoms. The highest BCUT2D eigenvalue weighted by Crippen LogP contribution is 2.17. The number of aromatic nitrogens is 1. The first-order valence-corrected chi connectivity index (χ1v) is 6.10. The molecule has 1 aromatic heterocycles. The van der Waals surface area contributed by atoms with Gasteiger partial charge in [-0.05, 0) is 24.2 Å². The second kappa shape index (κ2) is 5.75. The molecule has 0 saturated heterocycles. The quantitative estimate of drug-likeness (QED) is 0.853. The van der Waals surface area contributed by atoms with E-state index in [1.54, 1.807) is 0 Å². The summed E-state index contributed by atoms with van der Waals surface area (Å²) < 4.78 is 0. The van der Waals surface area contributed by atoms with Crippen molar-refractivity contribution in [3.63, 3.8) is 0 Å². The topological polar surface area (TPSA) is 42.1 Å². The van der Waals surface area contributed by atoms with Crippen LogP contribution in [0.25, 0.3) is 10.9 Å². The fourth-order valence-electron chi connectivity index (χ4n) is 2.08. The molecular formula is C14H19N3. The van der Waals surface area contributed by atoms with Gasteiger partial charge in [-0.2, -0.15) is 0 Å². The lowest BCUT2D eigenvalue weighted by Gasteiger charge is -2.20. The zero-order valence-corrected chi connectivity index (χ0v) is 10.3. The van der Waals surface area contributed by atoms with Crippen molar-refractivity contribution in [2.45, 2.75) is 13.5 Å². The SMILES string of the molecule is CCN(CCN)Cc1cccc2ncccc12.